The van der Waals surface area contributed by atoms with E-state index >= 15 is 0 Å². The van der Waals surface area contributed by atoms with E-state index in [1.165, 1.54) is 5.56 Å². The number of esters is 1. The Morgan fingerprint density at radius 1 is 1.25 bits per heavy atom. The van der Waals surface area contributed by atoms with Crippen LogP contribution >= 0.6 is 0 Å². The van der Waals surface area contributed by atoms with E-state index in [-0.39, 0.29) is 18.0 Å². The number of aromatic amines is 1. The van der Waals surface area contributed by atoms with Crippen molar-refractivity contribution in [1.82, 2.24) is 10.1 Å². The molecule has 5 nitrogen and oxygen atoms in total. The summed E-state index contributed by atoms with van der Waals surface area (Å²) in [6.45, 7) is 10.3. The van der Waals surface area contributed by atoms with E-state index < -0.39 is 0 Å². The Bertz CT molecular complexity index is 878. The van der Waals surface area contributed by atoms with Crippen molar-refractivity contribution in [2.45, 2.75) is 46.6 Å². The lowest BCUT2D eigenvalue weighted by molar-refractivity contribution is 0.0465. The molecule has 126 valence electrons. The third-order valence-electron chi connectivity index (χ3n) is 4.24. The van der Waals surface area contributed by atoms with Crippen LogP contribution in [0.15, 0.2) is 28.8 Å². The van der Waals surface area contributed by atoms with E-state index in [0.29, 0.717) is 11.5 Å². The van der Waals surface area contributed by atoms with Crippen LogP contribution in [0.3, 0.4) is 0 Å². The van der Waals surface area contributed by atoms with E-state index in [9.17, 15) is 4.79 Å². The first kappa shape index (κ1) is 16.3. The molecule has 0 atom stereocenters. The summed E-state index contributed by atoms with van der Waals surface area (Å²) >= 11 is 0. The van der Waals surface area contributed by atoms with Gasteiger partial charge in [-0.1, -0.05) is 38.1 Å². The highest BCUT2D eigenvalue weighted by Gasteiger charge is 2.17. The molecule has 0 aliphatic rings. The van der Waals surface area contributed by atoms with Gasteiger partial charge in [-0.3, -0.25) is 0 Å². The lowest BCUT2D eigenvalue weighted by atomic mass is 9.87. The smallest absolute Gasteiger partial charge is 0.355 e. The van der Waals surface area contributed by atoms with Crippen LogP contribution in [0.1, 0.15) is 53.8 Å². The van der Waals surface area contributed by atoms with E-state index in [4.69, 9.17) is 9.26 Å². The Morgan fingerprint density at radius 3 is 2.62 bits per heavy atom. The number of ether oxygens (including phenoxy) is 1. The topological polar surface area (TPSA) is 68.1 Å². The standard InChI is InChI=1S/C19H22N2O3/c1-11-15(12(2)24-21-11)10-23-18(22)17-8-13-6-7-14(19(3,4)5)9-16(13)20-17/h6-9,20H,10H2,1-5H3. The largest absolute Gasteiger partial charge is 0.456 e. The Balaban J connectivity index is 1.80. The second-order valence-electron chi connectivity index (χ2n) is 7.11. The van der Waals surface area contributed by atoms with Crippen molar-refractivity contribution in [2.75, 3.05) is 0 Å². The summed E-state index contributed by atoms with van der Waals surface area (Å²) in [5.74, 6) is 0.287. The minimum Gasteiger partial charge on any atom is -0.456 e. The summed E-state index contributed by atoms with van der Waals surface area (Å²) in [5, 5.41) is 4.85. The van der Waals surface area contributed by atoms with Crippen LogP contribution < -0.4 is 0 Å². The fraction of sp³-hybridized carbons (Fsp3) is 0.368. The van der Waals surface area contributed by atoms with Crippen LogP contribution in [0.5, 0.6) is 0 Å². The van der Waals surface area contributed by atoms with Crippen molar-refractivity contribution >= 4 is 16.9 Å². The Labute approximate surface area is 141 Å². The van der Waals surface area contributed by atoms with Crippen LogP contribution in [-0.2, 0) is 16.8 Å². The third kappa shape index (κ3) is 3.07. The molecule has 5 heteroatoms. The highest BCUT2D eigenvalue weighted by Crippen LogP contribution is 2.26. The highest BCUT2D eigenvalue weighted by atomic mass is 16.5. The molecule has 0 amide bonds. The molecule has 0 aliphatic carbocycles. The second kappa shape index (κ2) is 5.82. The zero-order valence-corrected chi connectivity index (χ0v) is 14.7. The summed E-state index contributed by atoms with van der Waals surface area (Å²) in [6.07, 6.45) is 0. The number of nitrogens with zero attached hydrogens (tertiary/aromatic N) is 1. The number of hydrogen-bond donors (Lipinski definition) is 1. The predicted molar refractivity (Wildman–Crippen MR) is 92.1 cm³/mol. The number of carbonyl (C=O) groups is 1. The molecular weight excluding hydrogens is 304 g/mol. The summed E-state index contributed by atoms with van der Waals surface area (Å²) in [4.78, 5) is 15.5. The van der Waals surface area contributed by atoms with Gasteiger partial charge in [-0.15, -0.1) is 0 Å². The van der Waals surface area contributed by atoms with Gasteiger partial charge >= 0.3 is 5.97 Å². The molecule has 0 bridgehead atoms. The third-order valence-corrected chi connectivity index (χ3v) is 4.24. The van der Waals surface area contributed by atoms with Crippen molar-refractivity contribution in [3.05, 3.63) is 52.5 Å². The van der Waals surface area contributed by atoms with Crippen molar-refractivity contribution < 1.29 is 14.1 Å². The lowest BCUT2D eigenvalue weighted by Gasteiger charge is -2.18. The first-order valence-electron chi connectivity index (χ1n) is 7.98. The number of H-pyrrole nitrogens is 1. The molecule has 0 saturated heterocycles. The van der Waals surface area contributed by atoms with Gasteiger partial charge in [0.2, 0.25) is 0 Å². The zero-order chi connectivity index (χ0) is 17.5. The van der Waals surface area contributed by atoms with Crippen molar-refractivity contribution in [3.63, 3.8) is 0 Å². The normalized spacial score (nSPS) is 11.9. The van der Waals surface area contributed by atoms with Gasteiger partial charge in [-0.25, -0.2) is 4.79 Å². The maximum atomic E-state index is 12.3. The van der Waals surface area contributed by atoms with E-state index in [1.54, 1.807) is 6.92 Å². The fourth-order valence-electron chi connectivity index (χ4n) is 2.63. The minimum atomic E-state index is -0.386. The number of aryl methyl sites for hydroxylation is 2. The van der Waals surface area contributed by atoms with Gasteiger partial charge in [-0.05, 0) is 37.0 Å². The molecule has 0 saturated carbocycles. The van der Waals surface area contributed by atoms with Crippen LogP contribution in [0, 0.1) is 13.8 Å². The number of nitrogens with one attached hydrogen (secondary N) is 1. The van der Waals surface area contributed by atoms with E-state index in [1.807, 2.05) is 19.1 Å². The van der Waals surface area contributed by atoms with Gasteiger partial charge in [0, 0.05) is 10.9 Å². The second-order valence-corrected chi connectivity index (χ2v) is 7.11. The molecule has 2 aromatic heterocycles. The van der Waals surface area contributed by atoms with Gasteiger partial charge in [-0.2, -0.15) is 0 Å². The van der Waals surface area contributed by atoms with Crippen LogP contribution in [0.4, 0.5) is 0 Å². The lowest BCUT2D eigenvalue weighted by Crippen LogP contribution is -2.10. The molecule has 0 spiro atoms. The molecular formula is C19H22N2O3. The number of rotatable bonds is 3. The SMILES string of the molecule is Cc1noc(C)c1COC(=O)c1cc2ccc(C(C)(C)C)cc2[nH]1. The van der Waals surface area contributed by atoms with Crippen molar-refractivity contribution in [3.8, 4) is 0 Å². The number of hydrogen-bond acceptors (Lipinski definition) is 4. The zero-order valence-electron chi connectivity index (χ0n) is 14.7. The quantitative estimate of drug-likeness (QED) is 0.723. The molecule has 1 aromatic carbocycles. The van der Waals surface area contributed by atoms with E-state index in [0.717, 1.165) is 22.2 Å². The Morgan fingerprint density at radius 2 is 2.00 bits per heavy atom. The number of aromatic nitrogens is 2. The molecule has 0 aliphatic heterocycles. The average molecular weight is 326 g/mol. The predicted octanol–water partition coefficient (Wildman–Crippen LogP) is 4.43. The van der Waals surface area contributed by atoms with Crippen molar-refractivity contribution in [2.24, 2.45) is 0 Å². The Hall–Kier alpha value is -2.56. The monoisotopic (exact) mass is 326 g/mol. The van der Waals surface area contributed by atoms with Gasteiger partial charge in [0.15, 0.2) is 0 Å². The van der Waals surface area contributed by atoms with E-state index in [2.05, 4.69) is 43.0 Å². The summed E-state index contributed by atoms with van der Waals surface area (Å²) < 4.78 is 10.5. The molecule has 0 unspecified atom stereocenters. The van der Waals surface area contributed by atoms with Crippen molar-refractivity contribution in [1.29, 1.82) is 0 Å². The number of benzene rings is 1. The molecule has 3 aromatic rings. The fourth-order valence-corrected chi connectivity index (χ4v) is 2.63. The first-order chi connectivity index (χ1) is 11.3. The maximum absolute atomic E-state index is 12.3. The number of fused-ring (bicyclic) bond motifs is 1. The van der Waals surface area contributed by atoms with Crippen LogP contribution in [0.2, 0.25) is 0 Å². The summed E-state index contributed by atoms with van der Waals surface area (Å²) in [5.41, 5.74) is 4.21. The first-order valence-corrected chi connectivity index (χ1v) is 7.98. The van der Waals surface area contributed by atoms with Gasteiger partial charge in [0.05, 0.1) is 11.3 Å². The highest BCUT2D eigenvalue weighted by molar-refractivity contribution is 5.95. The summed E-state index contributed by atoms with van der Waals surface area (Å²) in [6, 6.07) is 8.02. The van der Waals surface area contributed by atoms with Gasteiger partial charge in [0.25, 0.3) is 0 Å². The minimum absolute atomic E-state index is 0.0588. The maximum Gasteiger partial charge on any atom is 0.355 e. The summed E-state index contributed by atoms with van der Waals surface area (Å²) in [7, 11) is 0. The molecule has 3 rings (SSSR count). The molecule has 2 heterocycles. The van der Waals surface area contributed by atoms with Gasteiger partial charge < -0.3 is 14.2 Å². The molecule has 1 N–H and O–H groups in total. The molecule has 24 heavy (non-hydrogen) atoms. The Kier molecular flexibility index (Phi) is 3.95. The average Bonchev–Trinajstić information content (AvgIpc) is 3.07. The van der Waals surface area contributed by atoms with Crippen LogP contribution in [-0.4, -0.2) is 16.1 Å². The van der Waals surface area contributed by atoms with Crippen LogP contribution in [0.25, 0.3) is 10.9 Å². The molecule has 0 fully saturated rings. The number of carbonyl (C=O) groups excluding carboxylic acids is 1. The van der Waals surface area contributed by atoms with Gasteiger partial charge in [0.1, 0.15) is 18.1 Å². The molecule has 0 radical (unpaired) electrons.